The molecular formula is C20H19NOSi. The molecule has 4 aromatic rings. The van der Waals surface area contributed by atoms with Gasteiger partial charge in [0.25, 0.3) is 0 Å². The summed E-state index contributed by atoms with van der Waals surface area (Å²) in [5, 5.41) is 3.92. The van der Waals surface area contributed by atoms with Gasteiger partial charge in [0.05, 0.1) is 13.8 Å². The van der Waals surface area contributed by atoms with Crippen molar-refractivity contribution in [1.29, 1.82) is 0 Å². The predicted molar refractivity (Wildman–Crippen MR) is 99.9 cm³/mol. The maximum atomic E-state index is 6.26. The highest BCUT2D eigenvalue weighted by Crippen LogP contribution is 2.34. The van der Waals surface area contributed by atoms with Gasteiger partial charge < -0.3 is 4.42 Å². The second-order valence-corrected chi connectivity index (χ2v) is 12.0. The molecule has 0 fully saturated rings. The zero-order chi connectivity index (χ0) is 16.0. The normalized spacial score (nSPS) is 12.1. The topological polar surface area (TPSA) is 26.0 Å². The first-order chi connectivity index (χ1) is 11.1. The molecule has 0 spiro atoms. The van der Waals surface area contributed by atoms with Gasteiger partial charge in [-0.15, -0.1) is 0 Å². The Labute approximate surface area is 136 Å². The van der Waals surface area contributed by atoms with E-state index in [2.05, 4.69) is 61.0 Å². The van der Waals surface area contributed by atoms with Crippen LogP contribution >= 0.6 is 0 Å². The van der Waals surface area contributed by atoms with Crippen LogP contribution in [0.15, 0.2) is 65.2 Å². The number of hydrogen-bond donors (Lipinski definition) is 0. The van der Waals surface area contributed by atoms with Crippen LogP contribution in [-0.2, 0) is 0 Å². The average molecular weight is 317 g/mol. The standard InChI is InChI=1S/C20H19NOSi/c1-23(2,3)18-12-7-11-17-19(18)15-9-6-8-14(20(15)22-17)16-10-4-5-13-21-16/h4-13H,1-3H3. The number of para-hydroxylation sites is 1. The summed E-state index contributed by atoms with van der Waals surface area (Å²) in [6.45, 7) is 7.13. The first-order valence-corrected chi connectivity index (χ1v) is 11.4. The molecule has 2 nitrogen and oxygen atoms in total. The number of benzene rings is 2. The Kier molecular flexibility index (Phi) is 3.13. The summed E-state index contributed by atoms with van der Waals surface area (Å²) in [7, 11) is -1.45. The molecule has 0 amide bonds. The van der Waals surface area contributed by atoms with Gasteiger partial charge in [0.1, 0.15) is 11.2 Å². The van der Waals surface area contributed by atoms with Crippen molar-refractivity contribution < 1.29 is 4.42 Å². The second kappa shape index (κ2) is 5.07. The highest BCUT2D eigenvalue weighted by atomic mass is 28.3. The lowest BCUT2D eigenvalue weighted by molar-refractivity contribution is 0.670. The largest absolute Gasteiger partial charge is 0.455 e. The summed E-state index contributed by atoms with van der Waals surface area (Å²) in [5.41, 5.74) is 3.92. The molecule has 2 aromatic heterocycles. The van der Waals surface area contributed by atoms with Crippen LogP contribution in [0.5, 0.6) is 0 Å². The molecule has 0 aliphatic carbocycles. The lowest BCUT2D eigenvalue weighted by atomic mass is 10.1. The average Bonchev–Trinajstić information content (AvgIpc) is 2.93. The van der Waals surface area contributed by atoms with Crippen LogP contribution in [0.25, 0.3) is 33.2 Å². The zero-order valence-electron chi connectivity index (χ0n) is 13.6. The quantitative estimate of drug-likeness (QED) is 0.475. The Balaban J connectivity index is 2.12. The second-order valence-electron chi connectivity index (χ2n) is 6.93. The van der Waals surface area contributed by atoms with Crippen molar-refractivity contribution >= 4 is 35.2 Å². The molecule has 0 unspecified atom stereocenters. The number of nitrogens with zero attached hydrogens (tertiary/aromatic N) is 1. The van der Waals surface area contributed by atoms with Gasteiger partial charge in [0.2, 0.25) is 0 Å². The van der Waals surface area contributed by atoms with E-state index >= 15 is 0 Å². The fraction of sp³-hybridized carbons (Fsp3) is 0.150. The van der Waals surface area contributed by atoms with Gasteiger partial charge in [-0.1, -0.05) is 50.0 Å². The third kappa shape index (κ3) is 2.28. The SMILES string of the molecule is C[Si](C)(C)c1cccc2oc3c(-c4ccccn4)cccc3c12. The monoisotopic (exact) mass is 317 g/mol. The molecule has 0 radical (unpaired) electrons. The lowest BCUT2D eigenvalue weighted by Crippen LogP contribution is -2.37. The summed E-state index contributed by atoms with van der Waals surface area (Å²) in [5.74, 6) is 0. The minimum Gasteiger partial charge on any atom is -0.455 e. The van der Waals surface area contributed by atoms with E-state index in [0.29, 0.717) is 0 Å². The van der Waals surface area contributed by atoms with E-state index in [0.717, 1.165) is 22.4 Å². The number of pyridine rings is 1. The van der Waals surface area contributed by atoms with Gasteiger partial charge in [-0.05, 0) is 29.5 Å². The van der Waals surface area contributed by atoms with Crippen LogP contribution in [-0.4, -0.2) is 13.1 Å². The van der Waals surface area contributed by atoms with Crippen molar-refractivity contribution in [3.8, 4) is 11.3 Å². The molecule has 23 heavy (non-hydrogen) atoms. The number of furan rings is 1. The Hall–Kier alpha value is -2.39. The van der Waals surface area contributed by atoms with Crippen molar-refractivity contribution in [2.24, 2.45) is 0 Å². The Morgan fingerprint density at radius 3 is 2.43 bits per heavy atom. The number of rotatable bonds is 2. The first-order valence-electron chi connectivity index (χ1n) is 7.92. The van der Waals surface area contributed by atoms with Gasteiger partial charge in [0, 0.05) is 22.5 Å². The van der Waals surface area contributed by atoms with Crippen LogP contribution in [0.1, 0.15) is 0 Å². The van der Waals surface area contributed by atoms with Crippen LogP contribution in [0.2, 0.25) is 19.6 Å². The maximum absolute atomic E-state index is 6.26. The number of fused-ring (bicyclic) bond motifs is 3. The summed E-state index contributed by atoms with van der Waals surface area (Å²) in [6.07, 6.45) is 1.82. The van der Waals surface area contributed by atoms with Gasteiger partial charge in [-0.25, -0.2) is 0 Å². The molecule has 4 rings (SSSR count). The number of hydrogen-bond acceptors (Lipinski definition) is 2. The highest BCUT2D eigenvalue weighted by molar-refractivity contribution is 6.90. The van der Waals surface area contributed by atoms with Crippen molar-refractivity contribution in [3.63, 3.8) is 0 Å². The summed E-state index contributed by atoms with van der Waals surface area (Å²) < 4.78 is 6.26. The molecule has 0 saturated heterocycles. The summed E-state index contributed by atoms with van der Waals surface area (Å²) in [6, 6.07) is 18.8. The maximum Gasteiger partial charge on any atom is 0.144 e. The smallest absolute Gasteiger partial charge is 0.144 e. The number of aromatic nitrogens is 1. The van der Waals surface area contributed by atoms with E-state index in [1.54, 1.807) is 0 Å². The Morgan fingerprint density at radius 1 is 0.870 bits per heavy atom. The fourth-order valence-electron chi connectivity index (χ4n) is 3.20. The third-order valence-corrected chi connectivity index (χ3v) is 6.30. The molecule has 114 valence electrons. The van der Waals surface area contributed by atoms with Crippen molar-refractivity contribution in [3.05, 3.63) is 60.8 Å². The molecule has 0 N–H and O–H groups in total. The molecule has 3 heteroatoms. The lowest BCUT2D eigenvalue weighted by Gasteiger charge is -2.17. The fourth-order valence-corrected chi connectivity index (χ4v) is 4.80. The van der Waals surface area contributed by atoms with Gasteiger partial charge in [-0.3, -0.25) is 4.98 Å². The molecular weight excluding hydrogens is 298 g/mol. The summed E-state index contributed by atoms with van der Waals surface area (Å²) >= 11 is 0. The van der Waals surface area contributed by atoms with Crippen LogP contribution in [0, 0.1) is 0 Å². The molecule has 0 aliphatic rings. The van der Waals surface area contributed by atoms with Crippen LogP contribution < -0.4 is 5.19 Å². The van der Waals surface area contributed by atoms with E-state index in [1.807, 2.05) is 24.4 Å². The first kappa shape index (κ1) is 14.2. The Bertz CT molecular complexity index is 997. The third-order valence-electron chi connectivity index (χ3n) is 4.27. The Morgan fingerprint density at radius 2 is 1.70 bits per heavy atom. The van der Waals surface area contributed by atoms with Crippen LogP contribution in [0.4, 0.5) is 0 Å². The zero-order valence-corrected chi connectivity index (χ0v) is 14.6. The molecule has 2 heterocycles. The predicted octanol–water partition coefficient (Wildman–Crippen LogP) is 5.19. The molecule has 0 bridgehead atoms. The highest BCUT2D eigenvalue weighted by Gasteiger charge is 2.23. The van der Waals surface area contributed by atoms with Gasteiger partial charge in [0.15, 0.2) is 0 Å². The van der Waals surface area contributed by atoms with E-state index in [-0.39, 0.29) is 0 Å². The van der Waals surface area contributed by atoms with Gasteiger partial charge >= 0.3 is 0 Å². The molecule has 0 saturated carbocycles. The molecule has 0 atom stereocenters. The van der Waals surface area contributed by atoms with Gasteiger partial charge in [-0.2, -0.15) is 0 Å². The molecule has 2 aromatic carbocycles. The van der Waals surface area contributed by atoms with Crippen molar-refractivity contribution in [2.45, 2.75) is 19.6 Å². The van der Waals surface area contributed by atoms with Crippen molar-refractivity contribution in [1.82, 2.24) is 4.98 Å². The van der Waals surface area contributed by atoms with Crippen molar-refractivity contribution in [2.75, 3.05) is 0 Å². The van der Waals surface area contributed by atoms with E-state index < -0.39 is 8.07 Å². The van der Waals surface area contributed by atoms with E-state index in [1.165, 1.54) is 16.0 Å². The van der Waals surface area contributed by atoms with E-state index in [9.17, 15) is 0 Å². The van der Waals surface area contributed by atoms with Crippen LogP contribution in [0.3, 0.4) is 0 Å². The molecule has 0 aliphatic heterocycles. The minimum atomic E-state index is -1.45. The van der Waals surface area contributed by atoms with E-state index in [4.69, 9.17) is 4.42 Å². The summed E-state index contributed by atoms with van der Waals surface area (Å²) in [4.78, 5) is 4.49. The minimum absolute atomic E-state index is 0.937.